The van der Waals surface area contributed by atoms with Gasteiger partial charge >= 0.3 is 11.6 Å². The van der Waals surface area contributed by atoms with E-state index in [0.29, 0.717) is 21.4 Å². The number of ether oxygens (including phenoxy) is 2. The van der Waals surface area contributed by atoms with Crippen LogP contribution in [0, 0.1) is 6.92 Å². The van der Waals surface area contributed by atoms with E-state index in [0.717, 1.165) is 10.9 Å². The van der Waals surface area contributed by atoms with E-state index in [1.165, 1.54) is 12.1 Å². The summed E-state index contributed by atoms with van der Waals surface area (Å²) >= 11 is 3.28. The highest BCUT2D eigenvalue weighted by molar-refractivity contribution is 9.10. The lowest BCUT2D eigenvalue weighted by Gasteiger charge is -2.08. The van der Waals surface area contributed by atoms with Crippen LogP contribution in [0.5, 0.6) is 5.75 Å². The Hall–Kier alpha value is -2.93. The number of carbonyl (C=O) groups excluding carboxylic acids is 2. The standard InChI is InChI=1S/C20H15BrO6/c1-12-8-19(23)27-18-9-13(6-7-14(12)18)25-11-20(24)26-10-17(22)15-4-2-3-5-16(15)21/h2-9H,10-11H2,1H3. The first kappa shape index (κ1) is 18.8. The van der Waals surface area contributed by atoms with Gasteiger partial charge in [-0.2, -0.15) is 0 Å². The fourth-order valence-corrected chi connectivity index (χ4v) is 3.00. The summed E-state index contributed by atoms with van der Waals surface area (Å²) in [7, 11) is 0. The Labute approximate surface area is 162 Å². The van der Waals surface area contributed by atoms with Crippen molar-refractivity contribution in [3.05, 3.63) is 74.6 Å². The Morgan fingerprint density at radius 1 is 1.07 bits per heavy atom. The van der Waals surface area contributed by atoms with Gasteiger partial charge in [0.2, 0.25) is 5.78 Å². The molecule has 0 radical (unpaired) electrons. The minimum Gasteiger partial charge on any atom is -0.482 e. The molecule has 1 heterocycles. The van der Waals surface area contributed by atoms with Crippen LogP contribution in [0.3, 0.4) is 0 Å². The number of Topliss-reactive ketones (excluding diaryl/α,β-unsaturated/α-hetero) is 1. The highest BCUT2D eigenvalue weighted by Crippen LogP contribution is 2.22. The largest absolute Gasteiger partial charge is 0.482 e. The van der Waals surface area contributed by atoms with Gasteiger partial charge in [-0.3, -0.25) is 4.79 Å². The summed E-state index contributed by atoms with van der Waals surface area (Å²) in [5.41, 5.74) is 1.14. The number of ketones is 1. The third kappa shape index (κ3) is 4.62. The lowest BCUT2D eigenvalue weighted by molar-refractivity contribution is -0.144. The predicted molar refractivity (Wildman–Crippen MR) is 102 cm³/mol. The second kappa shape index (κ2) is 8.18. The van der Waals surface area contributed by atoms with Crippen molar-refractivity contribution in [2.24, 2.45) is 0 Å². The van der Waals surface area contributed by atoms with E-state index >= 15 is 0 Å². The van der Waals surface area contributed by atoms with Crippen LogP contribution >= 0.6 is 15.9 Å². The number of benzene rings is 2. The van der Waals surface area contributed by atoms with Gasteiger partial charge in [0.05, 0.1) is 0 Å². The molecule has 0 aliphatic rings. The molecule has 0 aliphatic heterocycles. The van der Waals surface area contributed by atoms with E-state index in [1.54, 1.807) is 43.3 Å². The predicted octanol–water partition coefficient (Wildman–Crippen LogP) is 3.67. The monoisotopic (exact) mass is 430 g/mol. The molecule has 3 rings (SSSR count). The van der Waals surface area contributed by atoms with E-state index in [1.807, 2.05) is 0 Å². The molecule has 0 bridgehead atoms. The summed E-state index contributed by atoms with van der Waals surface area (Å²) in [6.07, 6.45) is 0. The summed E-state index contributed by atoms with van der Waals surface area (Å²) in [4.78, 5) is 35.3. The summed E-state index contributed by atoms with van der Waals surface area (Å²) in [5, 5.41) is 0.781. The van der Waals surface area contributed by atoms with Crippen molar-refractivity contribution in [1.29, 1.82) is 0 Å². The number of halogens is 1. The van der Waals surface area contributed by atoms with Gasteiger partial charge in [0.25, 0.3) is 0 Å². The number of esters is 1. The number of hydrogen-bond donors (Lipinski definition) is 0. The van der Waals surface area contributed by atoms with Gasteiger partial charge in [-0.05, 0) is 30.7 Å². The molecule has 0 unspecified atom stereocenters. The van der Waals surface area contributed by atoms with Crippen molar-refractivity contribution in [3.63, 3.8) is 0 Å². The molecule has 2 aromatic carbocycles. The van der Waals surface area contributed by atoms with Gasteiger partial charge in [0.15, 0.2) is 13.2 Å². The second-order valence-electron chi connectivity index (χ2n) is 5.76. The van der Waals surface area contributed by atoms with Crippen LogP contribution in [-0.2, 0) is 9.53 Å². The molecular weight excluding hydrogens is 416 g/mol. The van der Waals surface area contributed by atoms with Crippen molar-refractivity contribution in [3.8, 4) is 5.75 Å². The molecule has 0 spiro atoms. The molecule has 27 heavy (non-hydrogen) atoms. The molecule has 0 amide bonds. The van der Waals surface area contributed by atoms with Gasteiger partial charge in [0, 0.05) is 27.6 Å². The van der Waals surface area contributed by atoms with Crippen LogP contribution in [0.15, 0.2) is 62.2 Å². The van der Waals surface area contributed by atoms with Gasteiger partial charge in [-0.25, -0.2) is 9.59 Å². The Balaban J connectivity index is 1.58. The van der Waals surface area contributed by atoms with E-state index in [-0.39, 0.29) is 19.0 Å². The molecule has 0 saturated carbocycles. The molecule has 0 aliphatic carbocycles. The van der Waals surface area contributed by atoms with E-state index < -0.39 is 11.6 Å². The first-order chi connectivity index (χ1) is 12.9. The summed E-state index contributed by atoms with van der Waals surface area (Å²) in [6.45, 7) is 1.06. The van der Waals surface area contributed by atoms with E-state index in [4.69, 9.17) is 13.9 Å². The summed E-state index contributed by atoms with van der Waals surface area (Å²) < 4.78 is 16.1. The van der Waals surface area contributed by atoms with Crippen LogP contribution in [0.25, 0.3) is 11.0 Å². The third-order valence-corrected chi connectivity index (χ3v) is 4.51. The van der Waals surface area contributed by atoms with E-state index in [9.17, 15) is 14.4 Å². The zero-order valence-electron chi connectivity index (χ0n) is 14.4. The molecule has 7 heteroatoms. The van der Waals surface area contributed by atoms with Crippen LogP contribution < -0.4 is 10.4 Å². The fourth-order valence-electron chi connectivity index (χ4n) is 2.49. The lowest BCUT2D eigenvalue weighted by Crippen LogP contribution is -2.19. The SMILES string of the molecule is Cc1cc(=O)oc2cc(OCC(=O)OCC(=O)c3ccccc3Br)ccc12. The van der Waals surface area contributed by atoms with Crippen molar-refractivity contribution in [1.82, 2.24) is 0 Å². The average molecular weight is 431 g/mol. The minimum atomic E-state index is -0.679. The quantitative estimate of drug-likeness (QED) is 0.337. The minimum absolute atomic E-state index is 0.321. The Kier molecular flexibility index (Phi) is 5.71. The summed E-state index contributed by atoms with van der Waals surface area (Å²) in [6, 6.07) is 13.2. The fraction of sp³-hybridized carbons (Fsp3) is 0.150. The van der Waals surface area contributed by atoms with Crippen LogP contribution in [-0.4, -0.2) is 25.0 Å². The normalized spacial score (nSPS) is 10.6. The van der Waals surface area contributed by atoms with Crippen LogP contribution in [0.1, 0.15) is 15.9 Å². The number of carbonyl (C=O) groups is 2. The zero-order chi connectivity index (χ0) is 19.4. The molecule has 0 fully saturated rings. The maximum atomic E-state index is 12.1. The maximum Gasteiger partial charge on any atom is 0.344 e. The van der Waals surface area contributed by atoms with Gasteiger partial charge in [0.1, 0.15) is 11.3 Å². The maximum absolute atomic E-state index is 12.1. The first-order valence-electron chi connectivity index (χ1n) is 8.05. The molecular formula is C20H15BrO6. The molecule has 1 aromatic heterocycles. The highest BCUT2D eigenvalue weighted by Gasteiger charge is 2.13. The second-order valence-corrected chi connectivity index (χ2v) is 6.61. The van der Waals surface area contributed by atoms with Crippen molar-refractivity contribution in [2.45, 2.75) is 6.92 Å². The molecule has 0 N–H and O–H groups in total. The third-order valence-electron chi connectivity index (χ3n) is 3.82. The Morgan fingerprint density at radius 2 is 1.85 bits per heavy atom. The van der Waals surface area contributed by atoms with Crippen molar-refractivity contribution >= 4 is 38.7 Å². The zero-order valence-corrected chi connectivity index (χ0v) is 15.9. The lowest BCUT2D eigenvalue weighted by atomic mass is 10.1. The highest BCUT2D eigenvalue weighted by atomic mass is 79.9. The molecule has 0 saturated heterocycles. The number of rotatable bonds is 6. The molecule has 3 aromatic rings. The smallest absolute Gasteiger partial charge is 0.344 e. The number of aryl methyl sites for hydroxylation is 1. The number of fused-ring (bicyclic) bond motifs is 1. The average Bonchev–Trinajstić information content (AvgIpc) is 2.64. The van der Waals surface area contributed by atoms with Gasteiger partial charge < -0.3 is 13.9 Å². The Morgan fingerprint density at radius 3 is 2.63 bits per heavy atom. The van der Waals surface area contributed by atoms with Gasteiger partial charge in [-0.1, -0.05) is 34.1 Å². The topological polar surface area (TPSA) is 82.8 Å². The van der Waals surface area contributed by atoms with Crippen molar-refractivity contribution in [2.75, 3.05) is 13.2 Å². The molecule has 6 nitrogen and oxygen atoms in total. The van der Waals surface area contributed by atoms with Crippen molar-refractivity contribution < 1.29 is 23.5 Å². The van der Waals surface area contributed by atoms with Crippen LogP contribution in [0.2, 0.25) is 0 Å². The summed E-state index contributed by atoms with van der Waals surface area (Å²) in [5.74, 6) is -0.648. The van der Waals surface area contributed by atoms with E-state index in [2.05, 4.69) is 15.9 Å². The number of hydrogen-bond acceptors (Lipinski definition) is 6. The molecule has 138 valence electrons. The first-order valence-corrected chi connectivity index (χ1v) is 8.84. The molecule has 0 atom stereocenters. The van der Waals surface area contributed by atoms with Gasteiger partial charge in [-0.15, -0.1) is 0 Å². The van der Waals surface area contributed by atoms with Crippen LogP contribution in [0.4, 0.5) is 0 Å². The Bertz CT molecular complexity index is 1070.